The summed E-state index contributed by atoms with van der Waals surface area (Å²) >= 11 is 0. The van der Waals surface area contributed by atoms with Gasteiger partial charge < -0.3 is 14.2 Å². The Kier molecular flexibility index (Phi) is 8.54. The molecule has 1 heterocycles. The van der Waals surface area contributed by atoms with Crippen LogP contribution in [-0.2, 0) is 33.3 Å². The van der Waals surface area contributed by atoms with Crippen LogP contribution in [0.5, 0.6) is 0 Å². The molecule has 0 radical (unpaired) electrons. The van der Waals surface area contributed by atoms with Gasteiger partial charge in [0.05, 0.1) is 11.3 Å². The highest BCUT2D eigenvalue weighted by atomic mass is 16.8. The van der Waals surface area contributed by atoms with E-state index in [0.29, 0.717) is 25.2 Å². The first kappa shape index (κ1) is 28.2. The highest BCUT2D eigenvalue weighted by Gasteiger charge is 2.67. The van der Waals surface area contributed by atoms with E-state index in [4.69, 9.17) is 18.9 Å². The van der Waals surface area contributed by atoms with Crippen LogP contribution in [0.15, 0.2) is 36.0 Å². The lowest BCUT2D eigenvalue weighted by Crippen LogP contribution is -2.57. The minimum atomic E-state index is -0.998. The zero-order valence-electron chi connectivity index (χ0n) is 22.8. The van der Waals surface area contributed by atoms with Gasteiger partial charge in [0.1, 0.15) is 6.10 Å². The molecule has 200 valence electrons. The Hall–Kier alpha value is -2.41. The van der Waals surface area contributed by atoms with Crippen molar-refractivity contribution in [3.05, 3.63) is 36.0 Å². The lowest BCUT2D eigenvalue weighted by Gasteiger charge is -2.58. The summed E-state index contributed by atoms with van der Waals surface area (Å²) in [5.41, 5.74) is 0.925. The zero-order valence-corrected chi connectivity index (χ0v) is 22.8. The van der Waals surface area contributed by atoms with E-state index in [1.54, 1.807) is 0 Å². The molecule has 7 heteroatoms. The second kappa shape index (κ2) is 10.9. The number of rotatable bonds is 8. The fourth-order valence-corrected chi connectivity index (χ4v) is 6.24. The van der Waals surface area contributed by atoms with Crippen LogP contribution in [0.3, 0.4) is 0 Å². The second-order valence-corrected chi connectivity index (χ2v) is 11.1. The molecule has 8 atom stereocenters. The molecule has 1 aliphatic heterocycles. The van der Waals surface area contributed by atoms with E-state index in [1.807, 2.05) is 32.9 Å². The van der Waals surface area contributed by atoms with Crippen molar-refractivity contribution in [3.63, 3.8) is 0 Å². The quantitative estimate of drug-likeness (QED) is 0.184. The van der Waals surface area contributed by atoms with Gasteiger partial charge in [0.25, 0.3) is 0 Å². The largest absolute Gasteiger partial charge is 0.458 e. The molecule has 0 bridgehead atoms. The van der Waals surface area contributed by atoms with Gasteiger partial charge in [0, 0.05) is 19.4 Å². The summed E-state index contributed by atoms with van der Waals surface area (Å²) in [6, 6.07) is 0. The van der Waals surface area contributed by atoms with Crippen molar-refractivity contribution in [1.29, 1.82) is 0 Å². The van der Waals surface area contributed by atoms with Gasteiger partial charge in [-0.05, 0) is 62.4 Å². The first-order valence-electron chi connectivity index (χ1n) is 13.1. The SMILES string of the molecule is C=C/C(C)=C/C[C@]1(C)[C@H](C)CC[C@@]23C(=C[C@@H](OC(=O)[C@H](C)CC)C[C@@H]12)[C@@H](OC(C)=O)O[C@H]3OC(C)=O. The van der Waals surface area contributed by atoms with Crippen LogP contribution >= 0.6 is 0 Å². The minimum Gasteiger partial charge on any atom is -0.458 e. The molecule has 0 aromatic rings. The fraction of sp³-hybridized carbons (Fsp3) is 0.690. The van der Waals surface area contributed by atoms with E-state index >= 15 is 0 Å². The number of carbonyl (C=O) groups excluding carboxylic acids is 3. The Balaban J connectivity index is 2.16. The van der Waals surface area contributed by atoms with Crippen LogP contribution < -0.4 is 0 Å². The number of allylic oxidation sites excluding steroid dienone is 3. The van der Waals surface area contributed by atoms with E-state index in [9.17, 15) is 14.4 Å². The molecular formula is C29H42O7. The predicted molar refractivity (Wildman–Crippen MR) is 135 cm³/mol. The van der Waals surface area contributed by atoms with Crippen LogP contribution in [0.1, 0.15) is 80.6 Å². The molecule has 2 fully saturated rings. The number of carbonyl (C=O) groups is 3. The maximum absolute atomic E-state index is 12.8. The van der Waals surface area contributed by atoms with Gasteiger partial charge in [-0.3, -0.25) is 19.1 Å². The van der Waals surface area contributed by atoms with Crippen LogP contribution in [-0.4, -0.2) is 36.6 Å². The van der Waals surface area contributed by atoms with Crippen molar-refractivity contribution in [2.45, 2.75) is 99.3 Å². The van der Waals surface area contributed by atoms with Crippen molar-refractivity contribution in [2.75, 3.05) is 0 Å². The van der Waals surface area contributed by atoms with Crippen molar-refractivity contribution < 1.29 is 33.3 Å². The Morgan fingerprint density at radius 1 is 1.19 bits per heavy atom. The molecule has 36 heavy (non-hydrogen) atoms. The molecule has 3 aliphatic rings. The summed E-state index contributed by atoms with van der Waals surface area (Å²) in [5, 5.41) is 0. The highest BCUT2D eigenvalue weighted by molar-refractivity contribution is 5.72. The smallest absolute Gasteiger partial charge is 0.309 e. The Morgan fingerprint density at radius 3 is 2.44 bits per heavy atom. The lowest BCUT2D eigenvalue weighted by atomic mass is 9.46. The maximum atomic E-state index is 12.8. The third kappa shape index (κ3) is 5.17. The van der Waals surface area contributed by atoms with Gasteiger partial charge >= 0.3 is 17.9 Å². The van der Waals surface area contributed by atoms with Gasteiger partial charge in [-0.2, -0.15) is 0 Å². The molecule has 1 spiro atoms. The van der Waals surface area contributed by atoms with E-state index in [2.05, 4.69) is 26.5 Å². The predicted octanol–water partition coefficient (Wildman–Crippen LogP) is 5.64. The first-order valence-corrected chi connectivity index (χ1v) is 13.1. The monoisotopic (exact) mass is 502 g/mol. The summed E-state index contributed by atoms with van der Waals surface area (Å²) in [5.74, 6) is -1.13. The fourth-order valence-electron chi connectivity index (χ4n) is 6.24. The number of hydrogen-bond donors (Lipinski definition) is 0. The van der Waals surface area contributed by atoms with Gasteiger partial charge in [-0.25, -0.2) is 0 Å². The average Bonchev–Trinajstić information content (AvgIpc) is 3.10. The van der Waals surface area contributed by atoms with Crippen LogP contribution in [0, 0.1) is 28.6 Å². The van der Waals surface area contributed by atoms with Crippen molar-refractivity contribution in [2.24, 2.45) is 28.6 Å². The molecule has 1 saturated carbocycles. The number of hydrogen-bond acceptors (Lipinski definition) is 7. The molecule has 1 saturated heterocycles. The van der Waals surface area contributed by atoms with Gasteiger partial charge in [-0.15, -0.1) is 0 Å². The molecule has 0 aromatic heterocycles. The summed E-state index contributed by atoms with van der Waals surface area (Å²) in [6.45, 7) is 16.9. The molecular weight excluding hydrogens is 460 g/mol. The molecule has 7 nitrogen and oxygen atoms in total. The van der Waals surface area contributed by atoms with Gasteiger partial charge in [0.15, 0.2) is 0 Å². The molecule has 3 rings (SSSR count). The first-order chi connectivity index (χ1) is 16.9. The van der Waals surface area contributed by atoms with Crippen LogP contribution in [0.2, 0.25) is 0 Å². The normalized spacial score (nSPS) is 36.6. The molecule has 0 unspecified atom stereocenters. The van der Waals surface area contributed by atoms with Crippen LogP contribution in [0.4, 0.5) is 0 Å². The van der Waals surface area contributed by atoms with E-state index in [0.717, 1.165) is 24.0 Å². The van der Waals surface area contributed by atoms with Crippen molar-refractivity contribution in [1.82, 2.24) is 0 Å². The summed E-state index contributed by atoms with van der Waals surface area (Å²) in [4.78, 5) is 36.9. The Bertz CT molecular complexity index is 949. The lowest BCUT2D eigenvalue weighted by molar-refractivity contribution is -0.235. The van der Waals surface area contributed by atoms with E-state index in [-0.39, 0.29) is 23.2 Å². The van der Waals surface area contributed by atoms with Crippen molar-refractivity contribution >= 4 is 17.9 Å². The Labute approximate surface area is 215 Å². The summed E-state index contributed by atoms with van der Waals surface area (Å²) < 4.78 is 23.5. The zero-order chi connectivity index (χ0) is 26.8. The molecule has 0 amide bonds. The van der Waals surface area contributed by atoms with Crippen LogP contribution in [0.25, 0.3) is 0 Å². The average molecular weight is 503 g/mol. The van der Waals surface area contributed by atoms with Gasteiger partial charge in [0.2, 0.25) is 12.6 Å². The highest BCUT2D eigenvalue weighted by Crippen LogP contribution is 2.67. The Morgan fingerprint density at radius 2 is 1.86 bits per heavy atom. The topological polar surface area (TPSA) is 88.1 Å². The summed E-state index contributed by atoms with van der Waals surface area (Å²) in [7, 11) is 0. The van der Waals surface area contributed by atoms with E-state index < -0.39 is 36.0 Å². The third-order valence-corrected chi connectivity index (χ3v) is 8.84. The molecule has 0 aromatic carbocycles. The third-order valence-electron chi connectivity index (χ3n) is 8.84. The molecule has 2 aliphatic carbocycles. The van der Waals surface area contributed by atoms with Gasteiger partial charge in [-0.1, -0.05) is 52.0 Å². The van der Waals surface area contributed by atoms with Crippen molar-refractivity contribution in [3.8, 4) is 0 Å². The number of esters is 3. The molecule has 0 N–H and O–H groups in total. The standard InChI is InChI=1S/C29H42O7/c1-9-17(3)11-13-28(8)19(5)12-14-29-23(26(33-20(6)30)36-27(29)34-21(7)31)15-22(16-24(28)29)35-25(32)18(4)10-2/h9,11,15,18-19,22,24,26-27H,1,10,12-14,16H2,2-8H3/b17-11+/t18-,19-,22-,24+,26+,27-,28-,29-/m1/s1. The number of ether oxygens (including phenoxy) is 4. The summed E-state index contributed by atoms with van der Waals surface area (Å²) in [6.07, 6.45) is 7.17. The van der Waals surface area contributed by atoms with E-state index in [1.165, 1.54) is 13.8 Å². The second-order valence-electron chi connectivity index (χ2n) is 11.1. The minimum absolute atomic E-state index is 0.0535. The maximum Gasteiger partial charge on any atom is 0.309 e.